The van der Waals surface area contributed by atoms with E-state index in [9.17, 15) is 20.3 Å². The zero-order valence-electron chi connectivity index (χ0n) is 41.4. The predicted octanol–water partition coefficient (Wildman–Crippen LogP) is 18.8. The number of carboxylic acid groups (broad SMARTS) is 1. The van der Waals surface area contributed by atoms with Crippen molar-refractivity contribution in [2.75, 3.05) is 4.90 Å². The molecule has 5 nitrogen and oxygen atoms in total. The van der Waals surface area contributed by atoms with Crippen LogP contribution >= 0.6 is 22.7 Å². The smallest absolute Gasteiger partial charge is 0.346 e. The number of unbranched alkanes of at least 4 members (excludes halogenated alkanes) is 4. The van der Waals surface area contributed by atoms with Crippen molar-refractivity contribution < 1.29 is 15.0 Å². The second-order valence-corrected chi connectivity index (χ2v) is 21.9. The molecule has 0 unspecified atom stereocenters. The average Bonchev–Trinajstić information content (AvgIpc) is 4.19. The van der Waals surface area contributed by atoms with E-state index in [4.69, 9.17) is 0 Å². The van der Waals surface area contributed by atoms with Gasteiger partial charge in [-0.05, 0) is 160 Å². The van der Waals surface area contributed by atoms with Crippen molar-refractivity contribution in [3.63, 3.8) is 0 Å². The maximum Gasteiger partial charge on any atom is 0.346 e. The number of phenolic OH excluding ortho intramolecular Hbond substituents is 1. The van der Waals surface area contributed by atoms with Gasteiger partial charge in [0.15, 0.2) is 0 Å². The molecule has 0 bridgehead atoms. The first-order chi connectivity index (χ1) is 34.7. The molecule has 0 saturated carbocycles. The molecule has 2 heterocycles. The zero-order chi connectivity index (χ0) is 49.3. The molecule has 358 valence electrons. The number of fused-ring (bicyclic) bond motifs is 7. The fourth-order valence-electron chi connectivity index (χ4n) is 12.0. The maximum absolute atomic E-state index is 11.6. The lowest BCUT2D eigenvalue weighted by Crippen LogP contribution is -2.26. The van der Waals surface area contributed by atoms with Gasteiger partial charge in [0.1, 0.15) is 17.4 Å². The molecule has 0 amide bonds. The fourth-order valence-corrected chi connectivity index (χ4v) is 14.1. The van der Waals surface area contributed by atoms with Gasteiger partial charge >= 0.3 is 5.97 Å². The lowest BCUT2D eigenvalue weighted by Gasteiger charge is -2.35. The van der Waals surface area contributed by atoms with Crippen LogP contribution < -0.4 is 4.90 Å². The van der Waals surface area contributed by atoms with Gasteiger partial charge in [-0.15, -0.1) is 22.7 Å². The standard InChI is InChI=1S/C64H62N2O3S2/c1-5-9-33-63(34-10-6-2)54-19-15-13-17-47(54)49-25-21-43(38-56(49)63)66(44-22-26-50-48-18-14-16-20-55(48)64(35-11-7-3,36-12-8-4)57(50)39-44)58-29-28-52(53-40-45(67)23-27-51(53)58)59-31-32-61(71-59)60-30-24-46(70-60)37-42(41-65)62(68)69/h13-32,37-40,67H,5-12,33-36H2,1-4H3,(H,68,69)/b42-37+. The molecule has 0 fully saturated rings. The molecule has 6 aromatic carbocycles. The SMILES string of the molecule is CCCCC1(CCCC)c2ccccc2-c2ccc(N(c3ccc4c(c3)C(CCCC)(CCCC)c3ccccc3-4)c3ccc(-c4ccc(-c5ccc(/C=C(\C#N)C(=O)O)s5)s4)c4cc(O)ccc34)cc21. The van der Waals surface area contributed by atoms with Gasteiger partial charge in [0.2, 0.25) is 0 Å². The van der Waals surface area contributed by atoms with Gasteiger partial charge in [-0.1, -0.05) is 146 Å². The van der Waals surface area contributed by atoms with E-state index >= 15 is 0 Å². The Kier molecular flexibility index (Phi) is 13.6. The number of carbonyl (C=O) groups is 1. The summed E-state index contributed by atoms with van der Waals surface area (Å²) in [5.74, 6) is -1.03. The Bertz CT molecular complexity index is 3230. The molecule has 2 aliphatic carbocycles. The Hall–Kier alpha value is -6.72. The molecule has 2 aromatic heterocycles. The Morgan fingerprint density at radius 2 is 1.04 bits per heavy atom. The summed E-state index contributed by atoms with van der Waals surface area (Å²) in [6.07, 6.45) is 15.1. The van der Waals surface area contributed by atoms with Gasteiger partial charge in [-0.3, -0.25) is 0 Å². The lowest BCUT2D eigenvalue weighted by molar-refractivity contribution is -0.132. The molecule has 0 aliphatic heterocycles. The van der Waals surface area contributed by atoms with Gasteiger partial charge in [0, 0.05) is 47.1 Å². The highest BCUT2D eigenvalue weighted by Gasteiger charge is 2.44. The van der Waals surface area contributed by atoms with Crippen LogP contribution in [0.4, 0.5) is 17.1 Å². The summed E-state index contributed by atoms with van der Waals surface area (Å²) in [5, 5.41) is 32.1. The van der Waals surface area contributed by atoms with E-state index in [2.05, 4.69) is 148 Å². The molecule has 0 spiro atoms. The minimum atomic E-state index is -1.24. The van der Waals surface area contributed by atoms with E-state index in [0.29, 0.717) is 4.88 Å². The third-order valence-electron chi connectivity index (χ3n) is 15.4. The quantitative estimate of drug-likeness (QED) is 0.0623. The largest absolute Gasteiger partial charge is 0.508 e. The summed E-state index contributed by atoms with van der Waals surface area (Å²) >= 11 is 3.13. The maximum atomic E-state index is 11.6. The fraction of sp³-hybridized carbons (Fsp3) is 0.281. The summed E-state index contributed by atoms with van der Waals surface area (Å²) in [6.45, 7) is 9.27. The van der Waals surface area contributed by atoms with Gasteiger partial charge in [-0.25, -0.2) is 4.79 Å². The number of hydrogen-bond donors (Lipinski definition) is 2. The number of anilines is 3. The normalized spacial score (nSPS) is 13.9. The van der Waals surface area contributed by atoms with Crippen LogP contribution in [0, 0.1) is 11.3 Å². The van der Waals surface area contributed by atoms with E-state index < -0.39 is 5.97 Å². The molecule has 2 N–H and O–H groups in total. The number of aliphatic carboxylic acids is 1. The number of hydrogen-bond acceptors (Lipinski definition) is 6. The van der Waals surface area contributed by atoms with Crippen molar-refractivity contribution in [2.24, 2.45) is 0 Å². The van der Waals surface area contributed by atoms with Gasteiger partial charge in [0.05, 0.1) is 5.69 Å². The molecule has 10 rings (SSSR count). The average molecular weight is 971 g/mol. The lowest BCUT2D eigenvalue weighted by atomic mass is 9.70. The predicted molar refractivity (Wildman–Crippen MR) is 299 cm³/mol. The van der Waals surface area contributed by atoms with Gasteiger partial charge < -0.3 is 15.1 Å². The van der Waals surface area contributed by atoms with E-state index in [-0.39, 0.29) is 22.2 Å². The molecule has 0 radical (unpaired) electrons. The third-order valence-corrected chi connectivity index (χ3v) is 17.8. The van der Waals surface area contributed by atoms with Crippen molar-refractivity contribution in [1.29, 1.82) is 5.26 Å². The van der Waals surface area contributed by atoms with Crippen LogP contribution in [0.2, 0.25) is 0 Å². The zero-order valence-corrected chi connectivity index (χ0v) is 43.0. The highest BCUT2D eigenvalue weighted by atomic mass is 32.1. The molecular weight excluding hydrogens is 909 g/mol. The summed E-state index contributed by atoms with van der Waals surface area (Å²) in [6, 6.07) is 53.1. The Morgan fingerprint density at radius 3 is 1.58 bits per heavy atom. The number of rotatable bonds is 19. The number of benzene rings is 6. The second kappa shape index (κ2) is 20.2. The first-order valence-corrected chi connectivity index (χ1v) is 27.4. The van der Waals surface area contributed by atoms with E-state index in [0.717, 1.165) is 125 Å². The van der Waals surface area contributed by atoms with Gasteiger partial charge in [0.25, 0.3) is 0 Å². The van der Waals surface area contributed by atoms with Crippen molar-refractivity contribution in [3.8, 4) is 54.3 Å². The van der Waals surface area contributed by atoms with Crippen LogP contribution in [0.1, 0.15) is 132 Å². The van der Waals surface area contributed by atoms with Crippen LogP contribution in [-0.2, 0) is 15.6 Å². The number of nitriles is 1. The highest BCUT2D eigenvalue weighted by Crippen LogP contribution is 2.58. The number of carboxylic acids is 1. The highest BCUT2D eigenvalue weighted by molar-refractivity contribution is 7.24. The summed E-state index contributed by atoms with van der Waals surface area (Å²) in [5.41, 5.74) is 15.1. The van der Waals surface area contributed by atoms with Crippen LogP contribution in [-0.4, -0.2) is 16.2 Å². The summed E-state index contributed by atoms with van der Waals surface area (Å²) in [4.78, 5) is 17.9. The molecule has 2 aliphatic rings. The van der Waals surface area contributed by atoms with Crippen molar-refractivity contribution in [1.82, 2.24) is 0 Å². The van der Waals surface area contributed by atoms with Crippen molar-refractivity contribution in [3.05, 3.63) is 172 Å². The number of nitrogens with zero attached hydrogens (tertiary/aromatic N) is 2. The monoisotopic (exact) mass is 970 g/mol. The first-order valence-electron chi connectivity index (χ1n) is 25.8. The Balaban J connectivity index is 1.18. The van der Waals surface area contributed by atoms with Crippen LogP contribution in [0.25, 0.3) is 59.3 Å². The molecule has 71 heavy (non-hydrogen) atoms. The van der Waals surface area contributed by atoms with E-state index in [1.54, 1.807) is 17.4 Å². The van der Waals surface area contributed by atoms with E-state index in [1.165, 1.54) is 61.9 Å². The first kappa shape index (κ1) is 47.9. The number of thiophene rings is 2. The molecule has 7 heteroatoms. The van der Waals surface area contributed by atoms with Crippen molar-refractivity contribution in [2.45, 2.75) is 116 Å². The Labute approximate surface area is 427 Å². The summed E-state index contributed by atoms with van der Waals surface area (Å²) < 4.78 is 0. The van der Waals surface area contributed by atoms with Crippen LogP contribution in [0.5, 0.6) is 5.75 Å². The number of aromatic hydroxyl groups is 1. The van der Waals surface area contributed by atoms with Crippen LogP contribution in [0.15, 0.2) is 145 Å². The Morgan fingerprint density at radius 1 is 0.549 bits per heavy atom. The minimum Gasteiger partial charge on any atom is -0.508 e. The topological polar surface area (TPSA) is 84.6 Å². The molecule has 0 atom stereocenters. The molecule has 8 aromatic rings. The van der Waals surface area contributed by atoms with Gasteiger partial charge in [-0.2, -0.15) is 5.26 Å². The number of phenols is 1. The van der Waals surface area contributed by atoms with Crippen molar-refractivity contribution >= 4 is 62.6 Å². The van der Waals surface area contributed by atoms with Crippen LogP contribution in [0.3, 0.4) is 0 Å². The van der Waals surface area contributed by atoms with E-state index in [1.807, 2.05) is 24.3 Å². The summed E-state index contributed by atoms with van der Waals surface area (Å²) in [7, 11) is 0. The second-order valence-electron chi connectivity index (χ2n) is 19.7. The third kappa shape index (κ3) is 8.49. The minimum absolute atomic E-state index is 0.0862. The molecule has 0 saturated heterocycles. The molecular formula is C64H62N2O3S2.